The van der Waals surface area contributed by atoms with Crippen LogP contribution in [0.1, 0.15) is 17.5 Å². The largest absolute Gasteiger partial charge is 0.326 e. The Morgan fingerprint density at radius 3 is 2.32 bits per heavy atom. The van der Waals surface area contributed by atoms with Gasteiger partial charge in [0.2, 0.25) is 5.91 Å². The number of carbonyl (C=O) groups is 1. The van der Waals surface area contributed by atoms with Gasteiger partial charge in [-0.3, -0.25) is 4.79 Å². The zero-order chi connectivity index (χ0) is 13.7. The van der Waals surface area contributed by atoms with Gasteiger partial charge in [-0.05, 0) is 43.2 Å². The van der Waals surface area contributed by atoms with Crippen molar-refractivity contribution >= 4 is 27.5 Å². The van der Waals surface area contributed by atoms with Crippen LogP contribution < -0.4 is 5.32 Å². The number of benzene rings is 2. The molecular weight excluding hydrogens is 302 g/mol. The first-order valence-corrected chi connectivity index (χ1v) is 7.04. The summed E-state index contributed by atoms with van der Waals surface area (Å²) < 4.78 is 1.06. The lowest BCUT2D eigenvalue weighted by atomic mass is 10.1. The molecule has 2 rings (SSSR count). The Labute approximate surface area is 122 Å². The zero-order valence-electron chi connectivity index (χ0n) is 10.8. The van der Waals surface area contributed by atoms with Gasteiger partial charge in [-0.15, -0.1) is 0 Å². The third kappa shape index (κ3) is 4.52. The second-order valence-corrected chi connectivity index (χ2v) is 5.46. The van der Waals surface area contributed by atoms with E-state index in [-0.39, 0.29) is 5.91 Å². The van der Waals surface area contributed by atoms with Crippen molar-refractivity contribution < 1.29 is 4.79 Å². The third-order valence-corrected chi connectivity index (χ3v) is 3.42. The molecule has 0 heterocycles. The van der Waals surface area contributed by atoms with Gasteiger partial charge in [0.1, 0.15) is 0 Å². The second kappa shape index (κ2) is 6.53. The van der Waals surface area contributed by atoms with E-state index < -0.39 is 0 Å². The topological polar surface area (TPSA) is 29.1 Å². The van der Waals surface area contributed by atoms with Crippen molar-refractivity contribution in [2.45, 2.75) is 19.8 Å². The van der Waals surface area contributed by atoms with Gasteiger partial charge < -0.3 is 5.32 Å². The molecule has 2 nitrogen and oxygen atoms in total. The molecular formula is C16H16BrNO. The molecule has 0 saturated heterocycles. The van der Waals surface area contributed by atoms with E-state index >= 15 is 0 Å². The summed E-state index contributed by atoms with van der Waals surface area (Å²) in [6, 6.07) is 15.9. The standard InChI is InChI=1S/C16H16BrNO/c1-12-2-9-15(10-3-12)18-16(19)11-6-13-4-7-14(17)8-5-13/h2-5,7-10H,6,11H2,1H3,(H,18,19). The van der Waals surface area contributed by atoms with E-state index in [2.05, 4.69) is 21.2 Å². The summed E-state index contributed by atoms with van der Waals surface area (Å²) in [6.45, 7) is 2.03. The molecule has 0 aliphatic heterocycles. The van der Waals surface area contributed by atoms with Crippen molar-refractivity contribution in [3.8, 4) is 0 Å². The molecule has 1 N–H and O–H groups in total. The zero-order valence-corrected chi connectivity index (χ0v) is 12.4. The van der Waals surface area contributed by atoms with E-state index in [0.29, 0.717) is 6.42 Å². The van der Waals surface area contributed by atoms with Gasteiger partial charge in [-0.2, -0.15) is 0 Å². The van der Waals surface area contributed by atoms with E-state index in [4.69, 9.17) is 0 Å². The molecule has 19 heavy (non-hydrogen) atoms. The summed E-state index contributed by atoms with van der Waals surface area (Å²) in [5, 5.41) is 2.90. The number of halogens is 1. The van der Waals surface area contributed by atoms with Crippen molar-refractivity contribution in [3.05, 3.63) is 64.1 Å². The molecule has 0 unspecified atom stereocenters. The maximum atomic E-state index is 11.8. The molecule has 1 amide bonds. The Morgan fingerprint density at radius 1 is 1.05 bits per heavy atom. The Morgan fingerprint density at radius 2 is 1.68 bits per heavy atom. The molecule has 0 saturated carbocycles. The van der Waals surface area contributed by atoms with E-state index in [0.717, 1.165) is 16.6 Å². The normalized spacial score (nSPS) is 10.2. The van der Waals surface area contributed by atoms with Crippen molar-refractivity contribution in [1.29, 1.82) is 0 Å². The van der Waals surface area contributed by atoms with E-state index in [9.17, 15) is 4.79 Å². The Hall–Kier alpha value is -1.61. The van der Waals surface area contributed by atoms with Gasteiger partial charge in [0.25, 0.3) is 0 Å². The van der Waals surface area contributed by atoms with Crippen molar-refractivity contribution in [3.63, 3.8) is 0 Å². The van der Waals surface area contributed by atoms with Crippen LogP contribution in [0.3, 0.4) is 0 Å². The number of amides is 1. The molecule has 0 aliphatic carbocycles. The van der Waals surface area contributed by atoms with Crippen LogP contribution in [0.5, 0.6) is 0 Å². The van der Waals surface area contributed by atoms with Crippen molar-refractivity contribution in [1.82, 2.24) is 0 Å². The number of rotatable bonds is 4. The summed E-state index contributed by atoms with van der Waals surface area (Å²) in [4.78, 5) is 11.8. The minimum absolute atomic E-state index is 0.0479. The molecule has 3 heteroatoms. The number of aryl methyl sites for hydroxylation is 2. The number of carbonyl (C=O) groups excluding carboxylic acids is 1. The van der Waals surface area contributed by atoms with Crippen LogP contribution in [0, 0.1) is 6.92 Å². The van der Waals surface area contributed by atoms with Gasteiger partial charge in [0.05, 0.1) is 0 Å². The molecule has 0 bridgehead atoms. The van der Waals surface area contributed by atoms with E-state index in [1.165, 1.54) is 11.1 Å². The molecule has 0 aromatic heterocycles. The minimum Gasteiger partial charge on any atom is -0.326 e. The number of hydrogen-bond donors (Lipinski definition) is 1. The molecule has 0 radical (unpaired) electrons. The average molecular weight is 318 g/mol. The summed E-state index contributed by atoms with van der Waals surface area (Å²) in [7, 11) is 0. The molecule has 0 atom stereocenters. The maximum Gasteiger partial charge on any atom is 0.224 e. The predicted octanol–water partition coefficient (Wildman–Crippen LogP) is 4.33. The third-order valence-electron chi connectivity index (χ3n) is 2.89. The van der Waals surface area contributed by atoms with Crippen LogP contribution in [-0.2, 0) is 11.2 Å². The second-order valence-electron chi connectivity index (χ2n) is 4.54. The Bertz CT molecular complexity index is 546. The fourth-order valence-corrected chi connectivity index (χ4v) is 2.03. The average Bonchev–Trinajstić information content (AvgIpc) is 2.41. The first-order chi connectivity index (χ1) is 9.13. The highest BCUT2D eigenvalue weighted by atomic mass is 79.9. The number of hydrogen-bond acceptors (Lipinski definition) is 1. The van der Waals surface area contributed by atoms with Crippen LogP contribution >= 0.6 is 15.9 Å². The van der Waals surface area contributed by atoms with Crippen LogP contribution in [0.15, 0.2) is 53.0 Å². The molecule has 0 aliphatic rings. The van der Waals surface area contributed by atoms with E-state index in [1.54, 1.807) is 0 Å². The molecule has 2 aromatic carbocycles. The summed E-state index contributed by atoms with van der Waals surface area (Å²) in [6.07, 6.45) is 1.25. The van der Waals surface area contributed by atoms with Crippen LogP contribution in [0.4, 0.5) is 5.69 Å². The lowest BCUT2D eigenvalue weighted by molar-refractivity contribution is -0.116. The summed E-state index contributed by atoms with van der Waals surface area (Å²) in [5.41, 5.74) is 3.21. The first kappa shape index (κ1) is 13.8. The van der Waals surface area contributed by atoms with Crippen molar-refractivity contribution in [2.75, 3.05) is 5.32 Å². The Kier molecular flexibility index (Phi) is 4.74. The van der Waals surface area contributed by atoms with Crippen LogP contribution in [0.2, 0.25) is 0 Å². The van der Waals surface area contributed by atoms with Gasteiger partial charge >= 0.3 is 0 Å². The van der Waals surface area contributed by atoms with Gasteiger partial charge in [-0.1, -0.05) is 45.8 Å². The van der Waals surface area contributed by atoms with E-state index in [1.807, 2.05) is 55.5 Å². The first-order valence-electron chi connectivity index (χ1n) is 6.24. The monoisotopic (exact) mass is 317 g/mol. The van der Waals surface area contributed by atoms with Crippen LogP contribution in [-0.4, -0.2) is 5.91 Å². The fraction of sp³-hybridized carbons (Fsp3) is 0.188. The van der Waals surface area contributed by atoms with Crippen LogP contribution in [0.25, 0.3) is 0 Å². The number of anilines is 1. The highest BCUT2D eigenvalue weighted by Crippen LogP contribution is 2.13. The lowest BCUT2D eigenvalue weighted by Gasteiger charge is -2.05. The molecule has 0 fully saturated rings. The SMILES string of the molecule is Cc1ccc(NC(=O)CCc2ccc(Br)cc2)cc1. The quantitative estimate of drug-likeness (QED) is 0.893. The molecule has 2 aromatic rings. The maximum absolute atomic E-state index is 11.8. The minimum atomic E-state index is 0.0479. The van der Waals surface area contributed by atoms with Gasteiger partial charge in [0.15, 0.2) is 0 Å². The molecule has 98 valence electrons. The van der Waals surface area contributed by atoms with Crippen molar-refractivity contribution in [2.24, 2.45) is 0 Å². The Balaban J connectivity index is 1.84. The highest BCUT2D eigenvalue weighted by Gasteiger charge is 2.03. The lowest BCUT2D eigenvalue weighted by Crippen LogP contribution is -2.12. The summed E-state index contributed by atoms with van der Waals surface area (Å²) >= 11 is 3.40. The summed E-state index contributed by atoms with van der Waals surface area (Å²) in [5.74, 6) is 0.0479. The smallest absolute Gasteiger partial charge is 0.224 e. The van der Waals surface area contributed by atoms with Gasteiger partial charge in [-0.25, -0.2) is 0 Å². The fourth-order valence-electron chi connectivity index (χ4n) is 1.77. The van der Waals surface area contributed by atoms with Gasteiger partial charge in [0, 0.05) is 16.6 Å². The molecule has 0 spiro atoms. The predicted molar refractivity (Wildman–Crippen MR) is 82.3 cm³/mol. The number of nitrogens with one attached hydrogen (secondary N) is 1. The highest BCUT2D eigenvalue weighted by molar-refractivity contribution is 9.10.